The van der Waals surface area contributed by atoms with E-state index in [1.54, 1.807) is 12.1 Å². The molecule has 1 aliphatic rings. The number of para-hydroxylation sites is 1. The van der Waals surface area contributed by atoms with Gasteiger partial charge in [-0.15, -0.1) is 0 Å². The van der Waals surface area contributed by atoms with Gasteiger partial charge >= 0.3 is 0 Å². The summed E-state index contributed by atoms with van der Waals surface area (Å²) in [4.78, 5) is 11.9. The fraction of sp³-hybridized carbons (Fsp3) is 0.333. The van der Waals surface area contributed by atoms with Crippen molar-refractivity contribution in [3.05, 3.63) is 53.7 Å². The highest BCUT2D eigenvalue weighted by molar-refractivity contribution is 5.83. The molecule has 0 spiro atoms. The van der Waals surface area contributed by atoms with Gasteiger partial charge in [0.25, 0.3) is 5.91 Å². The van der Waals surface area contributed by atoms with E-state index in [0.29, 0.717) is 17.6 Å². The number of nitrogens with zero attached hydrogens (tertiary/aromatic N) is 1. The lowest BCUT2D eigenvalue weighted by Crippen LogP contribution is -2.33. The van der Waals surface area contributed by atoms with Gasteiger partial charge in [0.1, 0.15) is 11.5 Å². The number of ether oxygens (including phenoxy) is 1. The van der Waals surface area contributed by atoms with E-state index in [-0.39, 0.29) is 5.75 Å². The number of benzene rings is 1. The molecule has 126 valence electrons. The number of hydrazone groups is 1. The topological polar surface area (TPSA) is 63.8 Å². The Bertz CT molecular complexity index is 756. The molecule has 1 aromatic carbocycles. The van der Waals surface area contributed by atoms with Crippen molar-refractivity contribution in [2.45, 2.75) is 32.3 Å². The minimum absolute atomic E-state index is 0.0263. The molecule has 0 saturated heterocycles. The summed E-state index contributed by atoms with van der Waals surface area (Å²) in [6.45, 7) is 3.70. The number of rotatable bonds is 6. The molecule has 3 rings (SSSR count). The minimum atomic E-state index is -0.876. The molecule has 6 heteroatoms. The lowest BCUT2D eigenvalue weighted by Gasteiger charge is -2.13. The Labute approximate surface area is 139 Å². The van der Waals surface area contributed by atoms with Crippen molar-refractivity contribution in [2.75, 3.05) is 0 Å². The summed E-state index contributed by atoms with van der Waals surface area (Å²) in [5, 5.41) is 3.85. The highest BCUT2D eigenvalue weighted by atomic mass is 19.1. The highest BCUT2D eigenvalue weighted by Gasteiger charge is 2.36. The molecule has 24 heavy (non-hydrogen) atoms. The van der Waals surface area contributed by atoms with Crippen LogP contribution in [0.4, 0.5) is 4.39 Å². The molecule has 0 bridgehead atoms. The highest BCUT2D eigenvalue weighted by Crippen LogP contribution is 2.47. The van der Waals surface area contributed by atoms with E-state index in [0.717, 1.165) is 12.2 Å². The standard InChI is InChI=1S/C18H19FN2O3/c1-11-9-14(11)16-8-7-13(24-16)10-20-21-18(22)12(2)23-17-6-4-3-5-15(17)19/h3-8,10-12,14H,9H2,1-2H3,(H,21,22)/b20-10-/t11-,12+,14-/m0/s1. The van der Waals surface area contributed by atoms with Crippen LogP contribution in [0.25, 0.3) is 0 Å². The fourth-order valence-corrected chi connectivity index (χ4v) is 2.39. The monoisotopic (exact) mass is 330 g/mol. The molecule has 1 aromatic heterocycles. The number of furan rings is 1. The predicted octanol–water partition coefficient (Wildman–Crippen LogP) is 3.46. The average molecular weight is 330 g/mol. The van der Waals surface area contributed by atoms with Crippen molar-refractivity contribution >= 4 is 12.1 Å². The van der Waals surface area contributed by atoms with Crippen molar-refractivity contribution in [3.8, 4) is 5.75 Å². The van der Waals surface area contributed by atoms with Crippen LogP contribution in [0, 0.1) is 11.7 Å². The number of hydrogen-bond acceptors (Lipinski definition) is 4. The molecule has 5 nitrogen and oxygen atoms in total. The molecule has 1 heterocycles. The number of halogens is 1. The van der Waals surface area contributed by atoms with Crippen molar-refractivity contribution in [1.29, 1.82) is 0 Å². The SMILES string of the molecule is C[C@@H](Oc1ccccc1F)C(=O)N/N=C\c1ccc([C@H]2C[C@@H]2C)o1. The second kappa shape index (κ2) is 6.86. The van der Waals surface area contributed by atoms with Crippen molar-refractivity contribution in [3.63, 3.8) is 0 Å². The Kier molecular flexibility index (Phi) is 4.64. The van der Waals surface area contributed by atoms with Gasteiger partial charge in [-0.1, -0.05) is 19.1 Å². The summed E-state index contributed by atoms with van der Waals surface area (Å²) >= 11 is 0. The maximum Gasteiger partial charge on any atom is 0.280 e. The first kappa shape index (κ1) is 16.2. The Morgan fingerprint density at radius 3 is 2.88 bits per heavy atom. The Hall–Kier alpha value is -2.63. The molecule has 1 saturated carbocycles. The number of nitrogens with one attached hydrogen (secondary N) is 1. The quantitative estimate of drug-likeness (QED) is 0.652. The van der Waals surface area contributed by atoms with E-state index in [4.69, 9.17) is 9.15 Å². The second-order valence-corrected chi connectivity index (χ2v) is 5.98. The maximum absolute atomic E-state index is 13.5. The van der Waals surface area contributed by atoms with E-state index < -0.39 is 17.8 Å². The molecule has 0 radical (unpaired) electrons. The fourth-order valence-electron chi connectivity index (χ4n) is 2.39. The first-order valence-electron chi connectivity index (χ1n) is 7.88. The van der Waals surface area contributed by atoms with Gasteiger partial charge in [-0.2, -0.15) is 5.10 Å². The maximum atomic E-state index is 13.5. The summed E-state index contributed by atoms with van der Waals surface area (Å²) in [5.41, 5.74) is 2.36. The zero-order valence-corrected chi connectivity index (χ0v) is 13.5. The Morgan fingerprint density at radius 2 is 2.17 bits per heavy atom. The van der Waals surface area contributed by atoms with Crippen LogP contribution < -0.4 is 10.2 Å². The molecular formula is C18H19FN2O3. The molecular weight excluding hydrogens is 311 g/mol. The zero-order valence-electron chi connectivity index (χ0n) is 13.5. The lowest BCUT2D eigenvalue weighted by molar-refractivity contribution is -0.127. The molecule has 0 unspecified atom stereocenters. The van der Waals surface area contributed by atoms with Crippen molar-refractivity contribution in [2.24, 2.45) is 11.0 Å². The predicted molar refractivity (Wildman–Crippen MR) is 87.5 cm³/mol. The van der Waals surface area contributed by atoms with Crippen molar-refractivity contribution < 1.29 is 18.3 Å². The third kappa shape index (κ3) is 3.82. The molecule has 1 N–H and O–H groups in total. The van der Waals surface area contributed by atoms with Crippen LogP contribution in [0.15, 0.2) is 45.9 Å². The van der Waals surface area contributed by atoms with Gasteiger partial charge in [-0.3, -0.25) is 4.79 Å². The average Bonchev–Trinajstić information content (AvgIpc) is 3.10. The molecule has 2 aromatic rings. The third-order valence-electron chi connectivity index (χ3n) is 4.00. The van der Waals surface area contributed by atoms with Crippen LogP contribution in [0.1, 0.15) is 37.7 Å². The number of carbonyl (C=O) groups is 1. The van der Waals surface area contributed by atoms with Crippen LogP contribution in [-0.2, 0) is 4.79 Å². The van der Waals surface area contributed by atoms with E-state index in [2.05, 4.69) is 17.5 Å². The van der Waals surface area contributed by atoms with Crippen LogP contribution in [-0.4, -0.2) is 18.2 Å². The Morgan fingerprint density at radius 1 is 1.42 bits per heavy atom. The van der Waals surface area contributed by atoms with E-state index >= 15 is 0 Å². The summed E-state index contributed by atoms with van der Waals surface area (Å²) in [6.07, 6.45) is 1.70. The van der Waals surface area contributed by atoms with Crippen molar-refractivity contribution in [1.82, 2.24) is 5.43 Å². The van der Waals surface area contributed by atoms with Gasteiger partial charge in [0, 0.05) is 5.92 Å². The number of carbonyl (C=O) groups excluding carboxylic acids is 1. The first-order valence-corrected chi connectivity index (χ1v) is 7.88. The van der Waals surface area contributed by atoms with Gasteiger partial charge in [-0.25, -0.2) is 9.82 Å². The Balaban J connectivity index is 1.51. The van der Waals surface area contributed by atoms with Crippen LogP contribution in [0.2, 0.25) is 0 Å². The summed E-state index contributed by atoms with van der Waals surface area (Å²) < 4.78 is 24.4. The van der Waals surface area contributed by atoms with E-state index in [1.807, 2.05) is 12.1 Å². The summed E-state index contributed by atoms with van der Waals surface area (Å²) in [6, 6.07) is 9.67. The van der Waals surface area contributed by atoms with Gasteiger partial charge in [-0.05, 0) is 43.5 Å². The van der Waals surface area contributed by atoms with Crippen LogP contribution >= 0.6 is 0 Å². The van der Waals surface area contributed by atoms with E-state index in [9.17, 15) is 9.18 Å². The van der Waals surface area contributed by atoms with Gasteiger partial charge in [0.2, 0.25) is 0 Å². The second-order valence-electron chi connectivity index (χ2n) is 5.98. The van der Waals surface area contributed by atoms with Crippen LogP contribution in [0.3, 0.4) is 0 Å². The van der Waals surface area contributed by atoms with Crippen LogP contribution in [0.5, 0.6) is 5.75 Å². The minimum Gasteiger partial charge on any atom is -0.478 e. The number of hydrogen-bond donors (Lipinski definition) is 1. The van der Waals surface area contributed by atoms with E-state index in [1.165, 1.54) is 25.3 Å². The summed E-state index contributed by atoms with van der Waals surface area (Å²) in [5.74, 6) is 1.72. The molecule has 1 aliphatic carbocycles. The molecule has 1 fully saturated rings. The molecule has 0 aliphatic heterocycles. The summed E-state index contributed by atoms with van der Waals surface area (Å²) in [7, 11) is 0. The normalized spacial score (nSPS) is 20.8. The first-order chi connectivity index (χ1) is 11.5. The molecule has 1 amide bonds. The molecule has 3 atom stereocenters. The zero-order chi connectivity index (χ0) is 17.1. The number of amides is 1. The van der Waals surface area contributed by atoms with Gasteiger partial charge < -0.3 is 9.15 Å². The smallest absolute Gasteiger partial charge is 0.280 e. The largest absolute Gasteiger partial charge is 0.478 e. The third-order valence-corrected chi connectivity index (χ3v) is 4.00. The van der Waals surface area contributed by atoms with Gasteiger partial charge in [0.05, 0.1) is 6.21 Å². The van der Waals surface area contributed by atoms with Gasteiger partial charge in [0.15, 0.2) is 17.7 Å². The lowest BCUT2D eigenvalue weighted by atomic mass is 10.3.